The van der Waals surface area contributed by atoms with Crippen molar-refractivity contribution in [2.24, 2.45) is 5.92 Å². The van der Waals surface area contributed by atoms with E-state index >= 15 is 0 Å². The van der Waals surface area contributed by atoms with Gasteiger partial charge in [0, 0.05) is 18.5 Å². The summed E-state index contributed by atoms with van der Waals surface area (Å²) in [4.78, 5) is 12.1. The number of nitrogens with one attached hydrogen (secondary N) is 2. The Kier molecular flexibility index (Phi) is 7.15. The summed E-state index contributed by atoms with van der Waals surface area (Å²) in [5.74, 6) is 0.126. The van der Waals surface area contributed by atoms with Crippen LogP contribution in [0.25, 0.3) is 0 Å². The molecular formula is C16H25ClN2O2. The van der Waals surface area contributed by atoms with Crippen molar-refractivity contribution in [3.8, 4) is 0 Å². The van der Waals surface area contributed by atoms with Crippen molar-refractivity contribution in [1.29, 1.82) is 0 Å². The SMILES string of the molecule is Cc1ccccc1C(O)CNC(=O)[C@H]1CCN[C@@H](C)C1.Cl. The third-order valence-corrected chi connectivity index (χ3v) is 4.01. The van der Waals surface area contributed by atoms with Crippen LogP contribution in [0.2, 0.25) is 0 Å². The van der Waals surface area contributed by atoms with Gasteiger partial charge in [-0.3, -0.25) is 4.79 Å². The van der Waals surface area contributed by atoms with Crippen LogP contribution in [0.3, 0.4) is 0 Å². The van der Waals surface area contributed by atoms with Gasteiger partial charge in [0.25, 0.3) is 0 Å². The van der Waals surface area contributed by atoms with Crippen molar-refractivity contribution >= 4 is 18.3 Å². The van der Waals surface area contributed by atoms with Crippen LogP contribution in [0.5, 0.6) is 0 Å². The molecule has 0 spiro atoms. The van der Waals surface area contributed by atoms with E-state index in [1.54, 1.807) is 0 Å². The minimum absolute atomic E-state index is 0. The summed E-state index contributed by atoms with van der Waals surface area (Å²) in [7, 11) is 0. The fourth-order valence-electron chi connectivity index (χ4n) is 2.78. The largest absolute Gasteiger partial charge is 0.387 e. The summed E-state index contributed by atoms with van der Waals surface area (Å²) in [6.07, 6.45) is 1.10. The van der Waals surface area contributed by atoms with Crippen molar-refractivity contribution in [3.05, 3.63) is 35.4 Å². The topological polar surface area (TPSA) is 61.4 Å². The highest BCUT2D eigenvalue weighted by Crippen LogP contribution is 2.18. The number of hydrogen-bond donors (Lipinski definition) is 3. The van der Waals surface area contributed by atoms with Crippen LogP contribution in [0.15, 0.2) is 24.3 Å². The minimum atomic E-state index is -0.640. The van der Waals surface area contributed by atoms with Crippen molar-refractivity contribution in [3.63, 3.8) is 0 Å². The molecule has 118 valence electrons. The molecule has 1 amide bonds. The molecule has 1 fully saturated rings. The Morgan fingerprint density at radius 2 is 2.19 bits per heavy atom. The van der Waals surface area contributed by atoms with Gasteiger partial charge in [0.15, 0.2) is 0 Å². The van der Waals surface area contributed by atoms with E-state index in [-0.39, 0.29) is 30.8 Å². The van der Waals surface area contributed by atoms with Gasteiger partial charge in [-0.1, -0.05) is 24.3 Å². The highest BCUT2D eigenvalue weighted by Gasteiger charge is 2.25. The van der Waals surface area contributed by atoms with E-state index in [0.717, 1.165) is 30.5 Å². The smallest absolute Gasteiger partial charge is 0.223 e. The molecular weight excluding hydrogens is 288 g/mol. The van der Waals surface area contributed by atoms with Gasteiger partial charge in [0.2, 0.25) is 5.91 Å². The molecule has 0 bridgehead atoms. The highest BCUT2D eigenvalue weighted by atomic mass is 35.5. The monoisotopic (exact) mass is 312 g/mol. The minimum Gasteiger partial charge on any atom is -0.387 e. The van der Waals surface area contributed by atoms with Gasteiger partial charge in [-0.05, 0) is 44.4 Å². The van der Waals surface area contributed by atoms with Crippen LogP contribution >= 0.6 is 12.4 Å². The Bertz CT molecular complexity index is 467. The molecule has 1 aliphatic rings. The molecule has 0 aromatic heterocycles. The van der Waals surface area contributed by atoms with E-state index in [1.165, 1.54) is 0 Å². The maximum absolute atomic E-state index is 12.1. The van der Waals surface area contributed by atoms with Crippen LogP contribution in [-0.4, -0.2) is 30.1 Å². The quantitative estimate of drug-likeness (QED) is 0.796. The molecule has 0 aliphatic carbocycles. The fourth-order valence-corrected chi connectivity index (χ4v) is 2.78. The molecule has 1 aromatic carbocycles. The van der Waals surface area contributed by atoms with E-state index < -0.39 is 6.10 Å². The van der Waals surface area contributed by atoms with Gasteiger partial charge in [-0.25, -0.2) is 0 Å². The predicted molar refractivity (Wildman–Crippen MR) is 86.6 cm³/mol. The van der Waals surface area contributed by atoms with Crippen molar-refractivity contribution in [1.82, 2.24) is 10.6 Å². The fraction of sp³-hybridized carbons (Fsp3) is 0.562. The normalized spacial score (nSPS) is 23.0. The Balaban J connectivity index is 0.00000220. The standard InChI is InChI=1S/C16H24N2O2.ClH/c1-11-5-3-4-6-14(11)15(19)10-18-16(20)13-7-8-17-12(2)9-13;/h3-6,12-13,15,17,19H,7-10H2,1-2H3,(H,18,20);1H/t12-,13-,15?;/m0./s1. The lowest BCUT2D eigenvalue weighted by Crippen LogP contribution is -2.43. The van der Waals surface area contributed by atoms with Crippen LogP contribution < -0.4 is 10.6 Å². The predicted octanol–water partition coefficient (Wildman–Crippen LogP) is 1.95. The number of rotatable bonds is 4. The lowest BCUT2D eigenvalue weighted by Gasteiger charge is -2.27. The number of carbonyl (C=O) groups is 1. The van der Waals surface area contributed by atoms with Crippen LogP contribution in [0, 0.1) is 12.8 Å². The molecule has 1 unspecified atom stereocenters. The van der Waals surface area contributed by atoms with Crippen molar-refractivity contribution in [2.75, 3.05) is 13.1 Å². The molecule has 5 heteroatoms. The van der Waals surface area contributed by atoms with Crippen molar-refractivity contribution < 1.29 is 9.90 Å². The number of aliphatic hydroxyl groups excluding tert-OH is 1. The van der Waals surface area contributed by atoms with Crippen LogP contribution in [0.1, 0.15) is 37.0 Å². The first-order valence-electron chi connectivity index (χ1n) is 7.32. The molecule has 0 saturated carbocycles. The third kappa shape index (κ3) is 4.99. The Labute approximate surface area is 132 Å². The molecule has 1 aliphatic heterocycles. The second kappa shape index (κ2) is 8.37. The number of amides is 1. The van der Waals surface area contributed by atoms with E-state index in [2.05, 4.69) is 17.6 Å². The number of carbonyl (C=O) groups excluding carboxylic acids is 1. The van der Waals surface area contributed by atoms with Crippen molar-refractivity contribution in [2.45, 2.75) is 38.8 Å². The van der Waals surface area contributed by atoms with E-state index in [1.807, 2.05) is 31.2 Å². The maximum atomic E-state index is 12.1. The van der Waals surface area contributed by atoms with Gasteiger partial charge in [-0.15, -0.1) is 12.4 Å². The molecule has 3 N–H and O–H groups in total. The summed E-state index contributed by atoms with van der Waals surface area (Å²) in [5.41, 5.74) is 1.93. The second-order valence-electron chi connectivity index (χ2n) is 5.69. The summed E-state index contributed by atoms with van der Waals surface area (Å²) >= 11 is 0. The molecule has 0 radical (unpaired) electrons. The summed E-state index contributed by atoms with van der Waals surface area (Å²) < 4.78 is 0. The molecule has 1 aromatic rings. The second-order valence-corrected chi connectivity index (χ2v) is 5.69. The van der Waals surface area contributed by atoms with Gasteiger partial charge in [0.1, 0.15) is 0 Å². The zero-order valence-electron chi connectivity index (χ0n) is 12.6. The number of hydrogen-bond acceptors (Lipinski definition) is 3. The van der Waals surface area contributed by atoms with E-state index in [9.17, 15) is 9.90 Å². The van der Waals surface area contributed by atoms with E-state index in [4.69, 9.17) is 0 Å². The number of piperidine rings is 1. The molecule has 4 nitrogen and oxygen atoms in total. The number of benzene rings is 1. The molecule has 2 rings (SSSR count). The van der Waals surface area contributed by atoms with Crippen LogP contribution in [-0.2, 0) is 4.79 Å². The summed E-state index contributed by atoms with van der Waals surface area (Å²) in [5, 5.41) is 16.4. The first-order valence-corrected chi connectivity index (χ1v) is 7.32. The van der Waals surface area contributed by atoms with Gasteiger partial charge < -0.3 is 15.7 Å². The molecule has 21 heavy (non-hydrogen) atoms. The zero-order chi connectivity index (χ0) is 14.5. The van der Waals surface area contributed by atoms with Gasteiger partial charge in [0.05, 0.1) is 6.10 Å². The first-order chi connectivity index (χ1) is 9.58. The summed E-state index contributed by atoms with van der Waals surface area (Å²) in [6.45, 7) is 5.23. The Morgan fingerprint density at radius 3 is 2.86 bits per heavy atom. The molecule has 1 saturated heterocycles. The average Bonchev–Trinajstić information content (AvgIpc) is 2.45. The van der Waals surface area contributed by atoms with E-state index in [0.29, 0.717) is 6.04 Å². The Morgan fingerprint density at radius 1 is 1.48 bits per heavy atom. The number of aliphatic hydroxyl groups is 1. The summed E-state index contributed by atoms with van der Waals surface area (Å²) in [6, 6.07) is 8.11. The number of aryl methyl sites for hydroxylation is 1. The van der Waals surface area contributed by atoms with Crippen LogP contribution in [0.4, 0.5) is 0 Å². The zero-order valence-corrected chi connectivity index (χ0v) is 13.5. The van der Waals surface area contributed by atoms with Gasteiger partial charge >= 0.3 is 0 Å². The number of halogens is 1. The highest BCUT2D eigenvalue weighted by molar-refractivity contribution is 5.85. The first kappa shape index (κ1) is 18.0. The lowest BCUT2D eigenvalue weighted by atomic mass is 9.92. The average molecular weight is 313 g/mol. The lowest BCUT2D eigenvalue weighted by molar-refractivity contribution is -0.126. The Hall–Kier alpha value is -1.10. The van der Waals surface area contributed by atoms with Gasteiger partial charge in [-0.2, -0.15) is 0 Å². The molecule has 1 heterocycles. The molecule has 3 atom stereocenters. The third-order valence-electron chi connectivity index (χ3n) is 4.01. The maximum Gasteiger partial charge on any atom is 0.223 e.